The summed E-state index contributed by atoms with van der Waals surface area (Å²) in [5.41, 5.74) is 1.22. The second kappa shape index (κ2) is 7.17. The molecule has 0 unspecified atom stereocenters. The summed E-state index contributed by atoms with van der Waals surface area (Å²) in [6.45, 7) is 5.26. The topological polar surface area (TPSA) is 53.1 Å². The van der Waals surface area contributed by atoms with E-state index < -0.39 is 0 Å². The zero-order valence-corrected chi connectivity index (χ0v) is 15.2. The Balaban J connectivity index is 1.21. The van der Waals surface area contributed by atoms with Crippen molar-refractivity contribution in [2.24, 2.45) is 5.41 Å². The molecule has 0 aromatic heterocycles. The van der Waals surface area contributed by atoms with Crippen molar-refractivity contribution in [3.05, 3.63) is 35.9 Å². The minimum Gasteiger partial charge on any atom is -0.445 e. The summed E-state index contributed by atoms with van der Waals surface area (Å²) in [7, 11) is 0. The van der Waals surface area contributed by atoms with E-state index in [1.54, 1.807) is 4.90 Å². The van der Waals surface area contributed by atoms with E-state index in [0.29, 0.717) is 6.61 Å². The van der Waals surface area contributed by atoms with E-state index in [0.717, 1.165) is 70.5 Å². The number of amides is 3. The van der Waals surface area contributed by atoms with E-state index in [1.807, 2.05) is 40.1 Å². The number of piperidine rings is 1. The summed E-state index contributed by atoms with van der Waals surface area (Å²) in [4.78, 5) is 30.4. The predicted molar refractivity (Wildman–Crippen MR) is 97.6 cm³/mol. The summed E-state index contributed by atoms with van der Waals surface area (Å²) in [6, 6.07) is 9.96. The van der Waals surface area contributed by atoms with Crippen molar-refractivity contribution in [3.63, 3.8) is 0 Å². The van der Waals surface area contributed by atoms with Crippen molar-refractivity contribution in [1.29, 1.82) is 0 Å². The summed E-state index contributed by atoms with van der Waals surface area (Å²) in [5, 5.41) is 0. The molecule has 3 heterocycles. The van der Waals surface area contributed by atoms with Gasteiger partial charge in [-0.1, -0.05) is 30.3 Å². The molecule has 6 heteroatoms. The highest BCUT2D eigenvalue weighted by Crippen LogP contribution is 2.41. The van der Waals surface area contributed by atoms with Gasteiger partial charge in [-0.15, -0.1) is 0 Å². The molecule has 3 amide bonds. The number of benzene rings is 1. The van der Waals surface area contributed by atoms with Gasteiger partial charge in [-0.25, -0.2) is 9.59 Å². The van der Waals surface area contributed by atoms with Gasteiger partial charge in [0.05, 0.1) is 0 Å². The summed E-state index contributed by atoms with van der Waals surface area (Å²) in [6.07, 6.45) is 3.94. The van der Waals surface area contributed by atoms with Gasteiger partial charge in [0.1, 0.15) is 6.61 Å². The number of urea groups is 1. The van der Waals surface area contributed by atoms with Crippen LogP contribution in [0.15, 0.2) is 30.3 Å². The van der Waals surface area contributed by atoms with Crippen molar-refractivity contribution < 1.29 is 14.3 Å². The van der Waals surface area contributed by atoms with Crippen LogP contribution in [0.1, 0.15) is 31.2 Å². The summed E-state index contributed by atoms with van der Waals surface area (Å²) >= 11 is 0. The Labute approximate surface area is 154 Å². The van der Waals surface area contributed by atoms with Gasteiger partial charge in [-0.3, -0.25) is 0 Å². The molecule has 0 saturated carbocycles. The van der Waals surface area contributed by atoms with Gasteiger partial charge in [0, 0.05) is 44.7 Å². The van der Waals surface area contributed by atoms with Gasteiger partial charge in [0.25, 0.3) is 0 Å². The fraction of sp³-hybridized carbons (Fsp3) is 0.600. The number of hydrogen-bond acceptors (Lipinski definition) is 3. The van der Waals surface area contributed by atoms with Crippen LogP contribution in [0.4, 0.5) is 9.59 Å². The van der Waals surface area contributed by atoms with Crippen molar-refractivity contribution in [2.75, 3.05) is 39.3 Å². The first-order valence-corrected chi connectivity index (χ1v) is 9.65. The monoisotopic (exact) mass is 357 g/mol. The standard InChI is InChI=1S/C20H27N3O3/c24-18(21-10-4-5-11-21)23-15-20(16-23)8-12-22(13-9-20)19(25)26-14-17-6-2-1-3-7-17/h1-3,6-7H,4-5,8-16H2. The summed E-state index contributed by atoms with van der Waals surface area (Å²) in [5.74, 6) is 0. The van der Waals surface area contributed by atoms with Crippen LogP contribution in [0.3, 0.4) is 0 Å². The van der Waals surface area contributed by atoms with E-state index in [1.165, 1.54) is 0 Å². The van der Waals surface area contributed by atoms with Crippen LogP contribution in [0, 0.1) is 5.41 Å². The molecule has 3 fully saturated rings. The van der Waals surface area contributed by atoms with Crippen LogP contribution >= 0.6 is 0 Å². The highest BCUT2D eigenvalue weighted by atomic mass is 16.6. The zero-order valence-electron chi connectivity index (χ0n) is 15.2. The van der Waals surface area contributed by atoms with Crippen LogP contribution in [0.25, 0.3) is 0 Å². The van der Waals surface area contributed by atoms with Gasteiger partial charge in [-0.2, -0.15) is 0 Å². The number of hydrogen-bond donors (Lipinski definition) is 0. The van der Waals surface area contributed by atoms with Crippen LogP contribution in [0.2, 0.25) is 0 Å². The Morgan fingerprint density at radius 1 is 0.885 bits per heavy atom. The van der Waals surface area contributed by atoms with E-state index in [-0.39, 0.29) is 17.5 Å². The van der Waals surface area contributed by atoms with Gasteiger partial charge < -0.3 is 19.4 Å². The van der Waals surface area contributed by atoms with Crippen LogP contribution in [-0.4, -0.2) is 66.1 Å². The Morgan fingerprint density at radius 3 is 2.19 bits per heavy atom. The first-order valence-electron chi connectivity index (χ1n) is 9.65. The van der Waals surface area contributed by atoms with Gasteiger partial charge >= 0.3 is 12.1 Å². The molecule has 0 bridgehead atoms. The van der Waals surface area contributed by atoms with Crippen LogP contribution < -0.4 is 0 Å². The quantitative estimate of drug-likeness (QED) is 0.818. The second-order valence-electron chi connectivity index (χ2n) is 7.86. The average Bonchev–Trinajstić information content (AvgIpc) is 3.19. The maximum atomic E-state index is 12.4. The lowest BCUT2D eigenvalue weighted by atomic mass is 9.72. The van der Waals surface area contributed by atoms with Crippen molar-refractivity contribution in [2.45, 2.75) is 32.3 Å². The lowest BCUT2D eigenvalue weighted by Gasteiger charge is -2.54. The molecule has 6 nitrogen and oxygen atoms in total. The van der Waals surface area contributed by atoms with E-state index in [2.05, 4.69) is 0 Å². The summed E-state index contributed by atoms with van der Waals surface area (Å²) < 4.78 is 5.43. The minimum absolute atomic E-state index is 0.206. The number of ether oxygens (including phenoxy) is 1. The molecule has 3 aliphatic heterocycles. The molecule has 3 aliphatic rings. The fourth-order valence-corrected chi connectivity index (χ4v) is 4.30. The SMILES string of the molecule is O=C(OCc1ccccc1)N1CCC2(CC1)CN(C(=O)N1CCCC1)C2. The largest absolute Gasteiger partial charge is 0.445 e. The predicted octanol–water partition coefficient (Wildman–Crippen LogP) is 2.94. The first-order chi connectivity index (χ1) is 12.7. The molecule has 4 rings (SSSR count). The molecular formula is C20H27N3O3. The van der Waals surface area contributed by atoms with Crippen LogP contribution in [-0.2, 0) is 11.3 Å². The molecule has 26 heavy (non-hydrogen) atoms. The molecule has 1 aromatic rings. The molecule has 1 aromatic carbocycles. The molecule has 3 saturated heterocycles. The maximum absolute atomic E-state index is 12.4. The first kappa shape index (κ1) is 17.2. The number of likely N-dealkylation sites (tertiary alicyclic amines) is 3. The molecule has 140 valence electrons. The average molecular weight is 357 g/mol. The lowest BCUT2D eigenvalue weighted by molar-refractivity contribution is -0.0282. The molecular weight excluding hydrogens is 330 g/mol. The molecule has 1 spiro atoms. The van der Waals surface area contributed by atoms with Crippen molar-refractivity contribution >= 4 is 12.1 Å². The lowest BCUT2D eigenvalue weighted by Crippen LogP contribution is -2.64. The second-order valence-corrected chi connectivity index (χ2v) is 7.86. The van der Waals surface area contributed by atoms with E-state index in [4.69, 9.17) is 4.74 Å². The minimum atomic E-state index is -0.229. The maximum Gasteiger partial charge on any atom is 0.410 e. The third-order valence-corrected chi connectivity index (χ3v) is 5.99. The Bertz CT molecular complexity index is 642. The van der Waals surface area contributed by atoms with Gasteiger partial charge in [-0.05, 0) is 31.2 Å². The van der Waals surface area contributed by atoms with E-state index in [9.17, 15) is 9.59 Å². The number of carbonyl (C=O) groups is 2. The fourth-order valence-electron chi connectivity index (χ4n) is 4.30. The third-order valence-electron chi connectivity index (χ3n) is 5.99. The van der Waals surface area contributed by atoms with Crippen molar-refractivity contribution in [1.82, 2.24) is 14.7 Å². The van der Waals surface area contributed by atoms with Crippen molar-refractivity contribution in [3.8, 4) is 0 Å². The molecule has 0 atom stereocenters. The highest BCUT2D eigenvalue weighted by molar-refractivity contribution is 5.76. The Morgan fingerprint density at radius 2 is 1.54 bits per heavy atom. The van der Waals surface area contributed by atoms with Gasteiger partial charge in [0.2, 0.25) is 0 Å². The third kappa shape index (κ3) is 3.50. The number of nitrogens with zero attached hydrogens (tertiary/aromatic N) is 3. The number of rotatable bonds is 2. The highest BCUT2D eigenvalue weighted by Gasteiger charge is 2.48. The Hall–Kier alpha value is -2.24. The molecule has 0 N–H and O–H groups in total. The smallest absolute Gasteiger partial charge is 0.410 e. The van der Waals surface area contributed by atoms with Gasteiger partial charge in [0.15, 0.2) is 0 Å². The normalized spacial score (nSPS) is 21.6. The molecule has 0 aliphatic carbocycles. The number of carbonyl (C=O) groups excluding carboxylic acids is 2. The molecule has 0 radical (unpaired) electrons. The zero-order chi connectivity index (χ0) is 18.0. The van der Waals surface area contributed by atoms with E-state index >= 15 is 0 Å². The Kier molecular flexibility index (Phi) is 4.74. The van der Waals surface area contributed by atoms with Crippen LogP contribution in [0.5, 0.6) is 0 Å².